The quantitative estimate of drug-likeness (QED) is 0.557. The zero-order chi connectivity index (χ0) is 22.8. The first-order valence-corrected chi connectivity index (χ1v) is 13.1. The summed E-state index contributed by atoms with van der Waals surface area (Å²) < 4.78 is 20.7. The maximum Gasteiger partial charge on any atom is 0.264 e. The number of hydrogen-bond donors (Lipinski definition) is 0. The molecular weight excluding hydrogens is 435 g/mol. The first kappa shape index (κ1) is 22.8. The van der Waals surface area contributed by atoms with E-state index >= 15 is 4.39 Å². The Morgan fingerprint density at radius 2 is 1.79 bits per heavy atom. The van der Waals surface area contributed by atoms with Crippen LogP contribution in [0.4, 0.5) is 4.39 Å². The third kappa shape index (κ3) is 4.79. The lowest BCUT2D eigenvalue weighted by Gasteiger charge is -2.39. The van der Waals surface area contributed by atoms with Crippen molar-refractivity contribution in [2.45, 2.75) is 50.5 Å². The number of likely N-dealkylation sites (tertiary alicyclic amines) is 2. The first-order chi connectivity index (χ1) is 16.1. The summed E-state index contributed by atoms with van der Waals surface area (Å²) in [5, 5.41) is 0. The van der Waals surface area contributed by atoms with Gasteiger partial charge in [-0.1, -0.05) is 24.8 Å². The highest BCUT2D eigenvalue weighted by Crippen LogP contribution is 2.37. The van der Waals surface area contributed by atoms with E-state index in [-0.39, 0.29) is 17.6 Å². The molecule has 0 radical (unpaired) electrons. The number of carbonyl (C=O) groups excluding carboxylic acids is 1. The zero-order valence-corrected chi connectivity index (χ0v) is 20.0. The number of nitrogens with zero attached hydrogens (tertiary/aromatic N) is 2. The first-order valence-electron chi connectivity index (χ1n) is 12.3. The molecule has 4 nitrogen and oxygen atoms in total. The fourth-order valence-electron chi connectivity index (χ4n) is 5.57. The van der Waals surface area contributed by atoms with Crippen molar-refractivity contribution in [3.63, 3.8) is 0 Å². The summed E-state index contributed by atoms with van der Waals surface area (Å²) in [7, 11) is 0. The number of thiophene rings is 1. The van der Waals surface area contributed by atoms with Crippen LogP contribution in [0.1, 0.15) is 65.2 Å². The molecule has 33 heavy (non-hydrogen) atoms. The highest BCUT2D eigenvalue weighted by molar-refractivity contribution is 7.17. The Kier molecular flexibility index (Phi) is 6.95. The summed E-state index contributed by atoms with van der Waals surface area (Å²) in [4.78, 5) is 19.1. The molecule has 0 bridgehead atoms. The lowest BCUT2D eigenvalue weighted by atomic mass is 9.87. The van der Waals surface area contributed by atoms with Crippen molar-refractivity contribution < 1.29 is 13.9 Å². The van der Waals surface area contributed by atoms with Crippen LogP contribution in [0, 0.1) is 5.82 Å². The minimum Gasteiger partial charge on any atom is -0.381 e. The molecule has 6 heteroatoms. The van der Waals surface area contributed by atoms with E-state index < -0.39 is 0 Å². The molecule has 3 saturated heterocycles. The Labute approximate surface area is 200 Å². The second-order valence-corrected chi connectivity index (χ2v) is 10.5. The van der Waals surface area contributed by atoms with Gasteiger partial charge in [-0.15, -0.1) is 11.3 Å². The predicted molar refractivity (Wildman–Crippen MR) is 132 cm³/mol. The minimum atomic E-state index is -0.127. The van der Waals surface area contributed by atoms with Gasteiger partial charge in [0.2, 0.25) is 0 Å². The zero-order valence-electron chi connectivity index (χ0n) is 19.2. The molecule has 1 amide bonds. The molecule has 0 aliphatic carbocycles. The molecule has 0 unspecified atom stereocenters. The average molecular weight is 469 g/mol. The van der Waals surface area contributed by atoms with E-state index in [1.807, 2.05) is 23.1 Å². The highest BCUT2D eigenvalue weighted by atomic mass is 32.1. The van der Waals surface area contributed by atoms with Crippen LogP contribution in [0.5, 0.6) is 0 Å². The van der Waals surface area contributed by atoms with E-state index in [1.54, 1.807) is 12.1 Å². The van der Waals surface area contributed by atoms with E-state index in [2.05, 4.69) is 11.5 Å². The van der Waals surface area contributed by atoms with Gasteiger partial charge >= 0.3 is 0 Å². The van der Waals surface area contributed by atoms with Gasteiger partial charge in [-0.25, -0.2) is 4.39 Å². The molecule has 1 aromatic heterocycles. The van der Waals surface area contributed by atoms with Crippen LogP contribution >= 0.6 is 11.3 Å². The molecule has 3 aliphatic heterocycles. The van der Waals surface area contributed by atoms with Crippen LogP contribution in [-0.2, 0) is 4.74 Å². The van der Waals surface area contributed by atoms with Crippen LogP contribution < -0.4 is 0 Å². The van der Waals surface area contributed by atoms with Crippen LogP contribution in [0.2, 0.25) is 0 Å². The number of hydrogen-bond acceptors (Lipinski definition) is 4. The molecule has 2 aromatic rings. The van der Waals surface area contributed by atoms with Crippen LogP contribution in [-0.4, -0.2) is 61.1 Å². The largest absolute Gasteiger partial charge is 0.381 e. The van der Waals surface area contributed by atoms with E-state index in [0.29, 0.717) is 10.9 Å². The van der Waals surface area contributed by atoms with E-state index in [4.69, 9.17) is 4.74 Å². The number of amides is 1. The van der Waals surface area contributed by atoms with Crippen LogP contribution in [0.3, 0.4) is 0 Å². The molecule has 0 saturated carbocycles. The smallest absolute Gasteiger partial charge is 0.264 e. The minimum absolute atomic E-state index is 0.0760. The molecule has 176 valence electrons. The number of benzene rings is 1. The molecule has 3 aliphatic rings. The number of carbonyl (C=O) groups is 1. The van der Waals surface area contributed by atoms with Gasteiger partial charge in [0.05, 0.1) is 4.88 Å². The molecule has 4 heterocycles. The third-order valence-corrected chi connectivity index (χ3v) is 8.72. The van der Waals surface area contributed by atoms with Gasteiger partial charge in [-0.2, -0.15) is 0 Å². The molecule has 1 aromatic carbocycles. The molecule has 0 N–H and O–H groups in total. The van der Waals surface area contributed by atoms with E-state index in [9.17, 15) is 4.79 Å². The standard InChI is InChI=1S/C27H33FN2O2S/c1-2-19-18-25(33-26(19)27(31)30-11-3-4-12-30)21-5-6-23(24(28)17-21)20-7-13-29(14-8-20)22-9-15-32-16-10-22/h2,5-6,17-18,20,22H,1,3-4,7-16H2. The van der Waals surface area contributed by atoms with Gasteiger partial charge in [0, 0.05) is 37.2 Å². The number of halogens is 1. The fraction of sp³-hybridized carbons (Fsp3) is 0.519. The maximum absolute atomic E-state index is 15.2. The topological polar surface area (TPSA) is 32.8 Å². The van der Waals surface area contributed by atoms with Gasteiger partial charge in [-0.05, 0) is 86.4 Å². The molecule has 0 atom stereocenters. The third-order valence-electron chi connectivity index (χ3n) is 7.53. The lowest BCUT2D eigenvalue weighted by molar-refractivity contribution is 0.0250. The molecule has 5 rings (SSSR count). The summed E-state index contributed by atoms with van der Waals surface area (Å²) in [6.07, 6.45) is 8.10. The van der Waals surface area contributed by atoms with Crippen molar-refractivity contribution >= 4 is 23.3 Å². The van der Waals surface area contributed by atoms with Crippen molar-refractivity contribution in [3.8, 4) is 10.4 Å². The Balaban J connectivity index is 1.29. The molecule has 0 spiro atoms. The maximum atomic E-state index is 15.2. The predicted octanol–water partition coefficient (Wildman–Crippen LogP) is 5.79. The van der Waals surface area contributed by atoms with Gasteiger partial charge in [0.1, 0.15) is 5.82 Å². The SMILES string of the molecule is C=Cc1cc(-c2ccc(C3CCN(C4CCOCC4)CC3)c(F)c2)sc1C(=O)N1CCCC1. The summed E-state index contributed by atoms with van der Waals surface area (Å²) in [6, 6.07) is 8.24. The van der Waals surface area contributed by atoms with E-state index in [1.165, 1.54) is 11.3 Å². The molecular formula is C27H33FN2O2S. The summed E-state index contributed by atoms with van der Waals surface area (Å²) in [5.74, 6) is 0.222. The van der Waals surface area contributed by atoms with Crippen molar-refractivity contribution in [1.82, 2.24) is 9.80 Å². The monoisotopic (exact) mass is 468 g/mol. The highest BCUT2D eigenvalue weighted by Gasteiger charge is 2.29. The van der Waals surface area contributed by atoms with Crippen LogP contribution in [0.25, 0.3) is 16.5 Å². The Morgan fingerprint density at radius 1 is 1.06 bits per heavy atom. The van der Waals surface area contributed by atoms with Crippen molar-refractivity contribution in [3.05, 3.63) is 52.7 Å². The second-order valence-electron chi connectivity index (χ2n) is 9.49. The van der Waals surface area contributed by atoms with Crippen molar-refractivity contribution in [1.29, 1.82) is 0 Å². The second kappa shape index (κ2) is 10.1. The van der Waals surface area contributed by atoms with Gasteiger partial charge in [0.25, 0.3) is 5.91 Å². The fourth-order valence-corrected chi connectivity index (χ4v) is 6.69. The Hall–Kier alpha value is -2.02. The van der Waals surface area contributed by atoms with Gasteiger partial charge in [0.15, 0.2) is 0 Å². The molecule has 3 fully saturated rings. The number of rotatable bonds is 5. The van der Waals surface area contributed by atoms with Crippen LogP contribution in [0.15, 0.2) is 30.8 Å². The van der Waals surface area contributed by atoms with Crippen molar-refractivity contribution in [2.24, 2.45) is 0 Å². The Morgan fingerprint density at radius 3 is 2.45 bits per heavy atom. The normalized spacial score (nSPS) is 20.9. The van der Waals surface area contributed by atoms with Gasteiger partial charge in [-0.3, -0.25) is 4.79 Å². The van der Waals surface area contributed by atoms with Gasteiger partial charge < -0.3 is 14.5 Å². The Bertz CT molecular complexity index is 1000. The summed E-state index contributed by atoms with van der Waals surface area (Å²) in [6.45, 7) is 9.32. The van der Waals surface area contributed by atoms with E-state index in [0.717, 1.165) is 99.5 Å². The summed E-state index contributed by atoms with van der Waals surface area (Å²) >= 11 is 1.45. The lowest BCUT2D eigenvalue weighted by Crippen LogP contribution is -2.43. The number of ether oxygens (including phenoxy) is 1. The number of piperidine rings is 1. The average Bonchev–Trinajstić information content (AvgIpc) is 3.55. The summed E-state index contributed by atoms with van der Waals surface area (Å²) in [5.41, 5.74) is 2.51. The van der Waals surface area contributed by atoms with Crippen molar-refractivity contribution in [2.75, 3.05) is 39.4 Å².